The van der Waals surface area contributed by atoms with Crippen molar-refractivity contribution in [1.29, 1.82) is 0 Å². The average molecular weight is 442 g/mol. The first kappa shape index (κ1) is 21.0. The van der Waals surface area contributed by atoms with Gasteiger partial charge in [-0.3, -0.25) is 9.59 Å². The molecule has 2 heterocycles. The summed E-state index contributed by atoms with van der Waals surface area (Å²) < 4.78 is 14.9. The van der Waals surface area contributed by atoms with Crippen LogP contribution in [0.25, 0.3) is 5.69 Å². The van der Waals surface area contributed by atoms with Crippen LogP contribution in [0.1, 0.15) is 47.6 Å². The molecule has 1 atom stereocenters. The number of aromatic nitrogens is 3. The lowest BCUT2D eigenvalue weighted by Crippen LogP contribution is -2.28. The van der Waals surface area contributed by atoms with E-state index in [9.17, 15) is 14.0 Å². The average Bonchev–Trinajstić information content (AvgIpc) is 3.35. The maximum Gasteiger partial charge on any atom is 0.274 e. The molecule has 7 nitrogen and oxygen atoms in total. The lowest BCUT2D eigenvalue weighted by atomic mass is 10.1. The highest BCUT2D eigenvalue weighted by molar-refractivity contribution is 6.30. The monoisotopic (exact) mass is 441 g/mol. The third-order valence-electron chi connectivity index (χ3n) is 5.36. The second-order valence-corrected chi connectivity index (χ2v) is 7.88. The van der Waals surface area contributed by atoms with Gasteiger partial charge in [0.25, 0.3) is 5.91 Å². The summed E-state index contributed by atoms with van der Waals surface area (Å²) in [6.07, 6.45) is 1.41. The molecular formula is C22H21ClFN5O2. The van der Waals surface area contributed by atoms with Gasteiger partial charge in [0.05, 0.1) is 22.4 Å². The Kier molecular flexibility index (Phi) is 5.73. The first-order chi connectivity index (χ1) is 14.8. The molecular weight excluding hydrogens is 421 g/mol. The minimum atomic E-state index is -0.534. The van der Waals surface area contributed by atoms with E-state index in [1.807, 2.05) is 31.2 Å². The molecule has 1 aliphatic heterocycles. The van der Waals surface area contributed by atoms with E-state index in [0.717, 1.165) is 17.7 Å². The second kappa shape index (κ2) is 8.47. The normalized spacial score (nSPS) is 14.7. The smallest absolute Gasteiger partial charge is 0.274 e. The highest BCUT2D eigenvalue weighted by Gasteiger charge is 2.23. The van der Waals surface area contributed by atoms with Crippen molar-refractivity contribution in [2.45, 2.75) is 32.7 Å². The summed E-state index contributed by atoms with van der Waals surface area (Å²) in [5, 5.41) is 10.9. The number of hydrogen-bond donors (Lipinski definition) is 1. The van der Waals surface area contributed by atoms with E-state index in [0.29, 0.717) is 24.3 Å². The van der Waals surface area contributed by atoms with E-state index in [4.69, 9.17) is 11.6 Å². The van der Waals surface area contributed by atoms with Crippen LogP contribution in [0.4, 0.5) is 10.1 Å². The molecule has 4 rings (SSSR count). The molecule has 0 radical (unpaired) electrons. The summed E-state index contributed by atoms with van der Waals surface area (Å²) >= 11 is 5.85. The number of hydrogen-bond acceptors (Lipinski definition) is 4. The molecule has 1 unspecified atom stereocenters. The Morgan fingerprint density at radius 1 is 1.23 bits per heavy atom. The van der Waals surface area contributed by atoms with Gasteiger partial charge in [0.15, 0.2) is 5.69 Å². The molecule has 3 aromatic rings. The zero-order valence-electron chi connectivity index (χ0n) is 17.1. The predicted octanol–water partition coefficient (Wildman–Crippen LogP) is 3.99. The minimum absolute atomic E-state index is 0.0385. The maximum absolute atomic E-state index is 13.4. The maximum atomic E-state index is 13.4. The van der Waals surface area contributed by atoms with Crippen molar-refractivity contribution in [2.24, 2.45) is 0 Å². The fraction of sp³-hybridized carbons (Fsp3) is 0.273. The minimum Gasteiger partial charge on any atom is -0.344 e. The number of amides is 2. The van der Waals surface area contributed by atoms with E-state index in [1.165, 1.54) is 22.9 Å². The van der Waals surface area contributed by atoms with E-state index in [1.54, 1.807) is 11.8 Å². The Labute approximate surface area is 183 Å². The highest BCUT2D eigenvalue weighted by Crippen LogP contribution is 2.25. The van der Waals surface area contributed by atoms with E-state index >= 15 is 0 Å². The van der Waals surface area contributed by atoms with E-state index < -0.39 is 5.82 Å². The van der Waals surface area contributed by atoms with Crippen molar-refractivity contribution < 1.29 is 14.0 Å². The molecule has 9 heteroatoms. The largest absolute Gasteiger partial charge is 0.344 e. The third-order valence-corrected chi connectivity index (χ3v) is 5.65. The molecule has 2 aromatic carbocycles. The first-order valence-corrected chi connectivity index (χ1v) is 10.3. The standard InChI is InChI=1S/C22H21ClFN5O2/c1-13(15-5-3-6-16(11-15)28-10-4-7-20(28)30)25-22(31)21-14(2)29(27-26-21)17-8-9-19(24)18(23)12-17/h3,5-6,8-9,11-13H,4,7,10H2,1-2H3,(H,25,31). The topological polar surface area (TPSA) is 80.1 Å². The van der Waals surface area contributed by atoms with Gasteiger partial charge in [-0.1, -0.05) is 28.9 Å². The zero-order valence-corrected chi connectivity index (χ0v) is 17.9. The van der Waals surface area contributed by atoms with Gasteiger partial charge >= 0.3 is 0 Å². The molecule has 160 valence electrons. The molecule has 0 saturated carbocycles. The molecule has 1 aromatic heterocycles. The van der Waals surface area contributed by atoms with Crippen LogP contribution in [0.2, 0.25) is 5.02 Å². The number of rotatable bonds is 5. The number of halogens is 2. The molecule has 2 amide bonds. The van der Waals surface area contributed by atoms with E-state index in [-0.39, 0.29) is 28.6 Å². The molecule has 31 heavy (non-hydrogen) atoms. The summed E-state index contributed by atoms with van der Waals surface area (Å²) in [5.41, 5.74) is 2.88. The number of carbonyl (C=O) groups is 2. The molecule has 0 spiro atoms. The molecule has 0 aliphatic carbocycles. The number of nitrogens with one attached hydrogen (secondary N) is 1. The van der Waals surface area contributed by atoms with Crippen molar-refractivity contribution in [1.82, 2.24) is 20.3 Å². The van der Waals surface area contributed by atoms with Crippen molar-refractivity contribution in [3.05, 3.63) is 70.3 Å². The predicted molar refractivity (Wildman–Crippen MR) is 115 cm³/mol. The van der Waals surface area contributed by atoms with Crippen LogP contribution in [0.5, 0.6) is 0 Å². The Morgan fingerprint density at radius 2 is 2.03 bits per heavy atom. The van der Waals surface area contributed by atoms with Crippen LogP contribution < -0.4 is 10.2 Å². The summed E-state index contributed by atoms with van der Waals surface area (Å²) in [5.74, 6) is -0.804. The molecule has 1 aliphatic rings. The van der Waals surface area contributed by atoms with Gasteiger partial charge in [0.2, 0.25) is 5.91 Å². The van der Waals surface area contributed by atoms with Crippen LogP contribution in [-0.4, -0.2) is 33.4 Å². The Balaban J connectivity index is 1.52. The van der Waals surface area contributed by atoms with Gasteiger partial charge in [-0.25, -0.2) is 9.07 Å². The van der Waals surface area contributed by atoms with Crippen molar-refractivity contribution >= 4 is 29.1 Å². The number of nitrogens with zero attached hydrogens (tertiary/aromatic N) is 4. The highest BCUT2D eigenvalue weighted by atomic mass is 35.5. The summed E-state index contributed by atoms with van der Waals surface area (Å²) in [6, 6.07) is 11.4. The van der Waals surface area contributed by atoms with E-state index in [2.05, 4.69) is 15.6 Å². The van der Waals surface area contributed by atoms with Crippen molar-refractivity contribution in [3.63, 3.8) is 0 Å². The van der Waals surface area contributed by atoms with Gasteiger partial charge in [-0.2, -0.15) is 0 Å². The van der Waals surface area contributed by atoms with Crippen molar-refractivity contribution in [2.75, 3.05) is 11.4 Å². The van der Waals surface area contributed by atoms with Crippen LogP contribution in [0, 0.1) is 12.7 Å². The van der Waals surface area contributed by atoms with Crippen molar-refractivity contribution in [3.8, 4) is 5.69 Å². The number of anilines is 1. The molecule has 1 N–H and O–H groups in total. The summed E-state index contributed by atoms with van der Waals surface area (Å²) in [7, 11) is 0. The number of carbonyl (C=O) groups excluding carboxylic acids is 2. The van der Waals surface area contributed by atoms with Gasteiger partial charge in [-0.15, -0.1) is 5.10 Å². The Morgan fingerprint density at radius 3 is 2.74 bits per heavy atom. The van der Waals surface area contributed by atoms with Crippen LogP contribution in [0.15, 0.2) is 42.5 Å². The molecule has 1 fully saturated rings. The molecule has 1 saturated heterocycles. The zero-order chi connectivity index (χ0) is 22.1. The fourth-order valence-electron chi connectivity index (χ4n) is 3.63. The Hall–Kier alpha value is -3.26. The fourth-order valence-corrected chi connectivity index (χ4v) is 3.81. The van der Waals surface area contributed by atoms with Crippen LogP contribution in [-0.2, 0) is 4.79 Å². The lowest BCUT2D eigenvalue weighted by Gasteiger charge is -2.19. The van der Waals surface area contributed by atoms with Gasteiger partial charge in [-0.05, 0) is 56.2 Å². The van der Waals surface area contributed by atoms with Gasteiger partial charge < -0.3 is 10.2 Å². The summed E-state index contributed by atoms with van der Waals surface area (Å²) in [6.45, 7) is 4.28. The third kappa shape index (κ3) is 4.16. The quantitative estimate of drug-likeness (QED) is 0.649. The van der Waals surface area contributed by atoms with Crippen LogP contribution in [0.3, 0.4) is 0 Å². The van der Waals surface area contributed by atoms with Crippen LogP contribution >= 0.6 is 11.6 Å². The van der Waals surface area contributed by atoms with Gasteiger partial charge in [0, 0.05) is 18.7 Å². The summed E-state index contributed by atoms with van der Waals surface area (Å²) in [4.78, 5) is 26.6. The number of benzene rings is 2. The van der Waals surface area contributed by atoms with Gasteiger partial charge in [0.1, 0.15) is 5.82 Å². The second-order valence-electron chi connectivity index (χ2n) is 7.47. The Bertz CT molecular complexity index is 1160. The molecule has 0 bridgehead atoms. The SMILES string of the molecule is Cc1c(C(=O)NC(C)c2cccc(N3CCCC3=O)c2)nnn1-c1ccc(F)c(Cl)c1. The first-order valence-electron chi connectivity index (χ1n) is 9.94. The lowest BCUT2D eigenvalue weighted by molar-refractivity contribution is -0.117.